The number of aryl methyl sites for hydroxylation is 1. The summed E-state index contributed by atoms with van der Waals surface area (Å²) in [7, 11) is 5.07. The van der Waals surface area contributed by atoms with Gasteiger partial charge in [-0.1, -0.05) is 6.07 Å². The predicted molar refractivity (Wildman–Crippen MR) is 93.9 cm³/mol. The third kappa shape index (κ3) is 2.29. The molecule has 0 N–H and O–H groups in total. The van der Waals surface area contributed by atoms with E-state index in [0.717, 1.165) is 16.8 Å². The molecule has 0 saturated carbocycles. The molecule has 0 amide bonds. The van der Waals surface area contributed by atoms with Crippen LogP contribution >= 0.6 is 0 Å². The van der Waals surface area contributed by atoms with Gasteiger partial charge in [0.05, 0.1) is 25.4 Å². The third-order valence-corrected chi connectivity index (χ3v) is 4.40. The molecule has 0 radical (unpaired) electrons. The van der Waals surface area contributed by atoms with E-state index in [2.05, 4.69) is 0 Å². The van der Waals surface area contributed by atoms with Gasteiger partial charge in [-0.2, -0.15) is 0 Å². The number of fused-ring (bicyclic) bond motifs is 2. The molecule has 6 nitrogen and oxygen atoms in total. The smallest absolute Gasteiger partial charge is 0.231 e. The Balaban J connectivity index is 2.03. The number of methoxy groups -OCH3 is 2. The molecule has 0 atom stereocenters. The molecule has 3 aromatic rings. The van der Waals surface area contributed by atoms with Gasteiger partial charge in [-0.05, 0) is 24.3 Å². The standard InChI is InChI=1S/C19H17NO5/c1-20-13(9-14(21)12-5-4-6-15(22-2)18(12)20)11-7-16(23-3)19-17(8-11)24-10-25-19/h4-9H,10H2,1-3H3. The van der Waals surface area contributed by atoms with Crippen LogP contribution in [0.2, 0.25) is 0 Å². The average Bonchev–Trinajstić information content (AvgIpc) is 3.11. The molecule has 128 valence electrons. The van der Waals surface area contributed by atoms with Gasteiger partial charge in [0, 0.05) is 24.1 Å². The van der Waals surface area contributed by atoms with Crippen molar-refractivity contribution >= 4 is 10.9 Å². The number of ether oxygens (including phenoxy) is 4. The Morgan fingerprint density at radius 2 is 1.84 bits per heavy atom. The second kappa shape index (κ2) is 5.73. The summed E-state index contributed by atoms with van der Waals surface area (Å²) in [6, 6.07) is 10.7. The monoisotopic (exact) mass is 339 g/mol. The fraction of sp³-hybridized carbons (Fsp3) is 0.211. The van der Waals surface area contributed by atoms with Crippen LogP contribution in [0.3, 0.4) is 0 Å². The van der Waals surface area contributed by atoms with Crippen molar-refractivity contribution in [1.29, 1.82) is 0 Å². The van der Waals surface area contributed by atoms with Gasteiger partial charge in [0.15, 0.2) is 16.9 Å². The lowest BCUT2D eigenvalue weighted by molar-refractivity contribution is 0.171. The maximum absolute atomic E-state index is 12.6. The first-order valence-corrected chi connectivity index (χ1v) is 7.78. The van der Waals surface area contributed by atoms with E-state index in [1.54, 1.807) is 26.4 Å². The van der Waals surface area contributed by atoms with Crippen molar-refractivity contribution in [2.45, 2.75) is 0 Å². The number of hydrogen-bond donors (Lipinski definition) is 0. The van der Waals surface area contributed by atoms with Crippen molar-refractivity contribution in [3.8, 4) is 34.3 Å². The van der Waals surface area contributed by atoms with Gasteiger partial charge >= 0.3 is 0 Å². The van der Waals surface area contributed by atoms with Gasteiger partial charge in [0.2, 0.25) is 12.5 Å². The van der Waals surface area contributed by atoms with E-state index >= 15 is 0 Å². The molecular formula is C19H17NO5. The summed E-state index contributed by atoms with van der Waals surface area (Å²) in [4.78, 5) is 12.6. The lowest BCUT2D eigenvalue weighted by Gasteiger charge is -2.16. The molecule has 0 fully saturated rings. The predicted octanol–water partition coefficient (Wildman–Crippen LogP) is 2.95. The first kappa shape index (κ1) is 15.4. The van der Waals surface area contributed by atoms with Gasteiger partial charge in [-0.25, -0.2) is 0 Å². The van der Waals surface area contributed by atoms with Crippen LogP contribution in [0, 0.1) is 0 Å². The van der Waals surface area contributed by atoms with Crippen LogP contribution in [0.25, 0.3) is 22.2 Å². The number of pyridine rings is 1. The average molecular weight is 339 g/mol. The van der Waals surface area contributed by atoms with Crippen LogP contribution in [0.4, 0.5) is 0 Å². The first-order valence-electron chi connectivity index (χ1n) is 7.78. The number of nitrogens with zero attached hydrogens (tertiary/aromatic N) is 1. The minimum atomic E-state index is -0.0707. The maximum Gasteiger partial charge on any atom is 0.231 e. The van der Waals surface area contributed by atoms with Crippen molar-refractivity contribution in [3.05, 3.63) is 46.6 Å². The Hall–Kier alpha value is -3.15. The summed E-state index contributed by atoms with van der Waals surface area (Å²) in [5, 5.41) is 0.610. The van der Waals surface area contributed by atoms with Gasteiger partial charge in [0.25, 0.3) is 0 Å². The van der Waals surface area contributed by atoms with E-state index < -0.39 is 0 Å². The topological polar surface area (TPSA) is 58.9 Å². The zero-order chi connectivity index (χ0) is 17.6. The minimum Gasteiger partial charge on any atom is -0.495 e. The van der Waals surface area contributed by atoms with Crippen LogP contribution in [0.5, 0.6) is 23.0 Å². The summed E-state index contributed by atoms with van der Waals surface area (Å²) in [5.74, 6) is 2.39. The molecule has 1 aliphatic rings. The quantitative estimate of drug-likeness (QED) is 0.734. The van der Waals surface area contributed by atoms with Crippen LogP contribution in [0.1, 0.15) is 0 Å². The number of para-hydroxylation sites is 1. The number of rotatable bonds is 3. The zero-order valence-electron chi connectivity index (χ0n) is 14.2. The van der Waals surface area contributed by atoms with Crippen molar-refractivity contribution in [3.63, 3.8) is 0 Å². The molecule has 0 saturated heterocycles. The molecule has 0 spiro atoms. The van der Waals surface area contributed by atoms with Crippen molar-refractivity contribution in [2.75, 3.05) is 21.0 Å². The summed E-state index contributed by atoms with van der Waals surface area (Å²) >= 11 is 0. The fourth-order valence-corrected chi connectivity index (χ4v) is 3.21. The molecular weight excluding hydrogens is 322 g/mol. The number of benzene rings is 2. The molecule has 1 aliphatic heterocycles. The Bertz CT molecular complexity index is 1040. The molecule has 4 rings (SSSR count). The van der Waals surface area contributed by atoms with E-state index in [-0.39, 0.29) is 12.2 Å². The van der Waals surface area contributed by atoms with Crippen LogP contribution < -0.4 is 24.4 Å². The Morgan fingerprint density at radius 3 is 2.60 bits per heavy atom. The summed E-state index contributed by atoms with van der Waals surface area (Å²) < 4.78 is 23.7. The lowest BCUT2D eigenvalue weighted by Crippen LogP contribution is -2.10. The largest absolute Gasteiger partial charge is 0.495 e. The van der Waals surface area contributed by atoms with Crippen molar-refractivity contribution in [2.24, 2.45) is 7.05 Å². The van der Waals surface area contributed by atoms with Crippen LogP contribution in [0.15, 0.2) is 41.2 Å². The van der Waals surface area contributed by atoms with Crippen LogP contribution in [-0.4, -0.2) is 25.6 Å². The summed E-state index contributed by atoms with van der Waals surface area (Å²) in [5.41, 5.74) is 2.20. The Morgan fingerprint density at radius 1 is 1.04 bits per heavy atom. The first-order chi connectivity index (χ1) is 12.1. The highest BCUT2D eigenvalue weighted by atomic mass is 16.7. The molecule has 1 aromatic heterocycles. The maximum atomic E-state index is 12.6. The molecule has 6 heteroatoms. The lowest BCUT2D eigenvalue weighted by atomic mass is 10.1. The molecule has 2 aromatic carbocycles. The highest BCUT2D eigenvalue weighted by Crippen LogP contribution is 2.44. The van der Waals surface area contributed by atoms with Gasteiger partial charge in [-0.3, -0.25) is 4.79 Å². The second-order valence-electron chi connectivity index (χ2n) is 5.72. The van der Waals surface area contributed by atoms with Gasteiger partial charge < -0.3 is 23.5 Å². The zero-order valence-corrected chi connectivity index (χ0v) is 14.2. The SMILES string of the molecule is COc1cc(-c2cc(=O)c3cccc(OC)c3n2C)cc2c1OCO2. The van der Waals surface area contributed by atoms with E-state index in [1.165, 1.54) is 0 Å². The molecule has 0 bridgehead atoms. The third-order valence-electron chi connectivity index (χ3n) is 4.40. The summed E-state index contributed by atoms with van der Waals surface area (Å²) in [6.07, 6.45) is 0. The molecule has 0 aliphatic carbocycles. The Kier molecular flexibility index (Phi) is 3.53. The fourth-order valence-electron chi connectivity index (χ4n) is 3.21. The van der Waals surface area contributed by atoms with E-state index in [4.69, 9.17) is 18.9 Å². The van der Waals surface area contributed by atoms with E-state index in [1.807, 2.05) is 35.9 Å². The van der Waals surface area contributed by atoms with E-state index in [9.17, 15) is 4.79 Å². The van der Waals surface area contributed by atoms with Gasteiger partial charge in [-0.15, -0.1) is 0 Å². The highest BCUT2D eigenvalue weighted by Gasteiger charge is 2.22. The minimum absolute atomic E-state index is 0.0707. The Labute approximate surface area is 144 Å². The van der Waals surface area contributed by atoms with Crippen molar-refractivity contribution in [1.82, 2.24) is 4.57 Å². The van der Waals surface area contributed by atoms with Gasteiger partial charge in [0.1, 0.15) is 5.75 Å². The second-order valence-corrected chi connectivity index (χ2v) is 5.72. The van der Waals surface area contributed by atoms with E-state index in [0.29, 0.717) is 28.4 Å². The number of hydrogen-bond acceptors (Lipinski definition) is 5. The molecule has 0 unspecified atom stereocenters. The number of aromatic nitrogens is 1. The van der Waals surface area contributed by atoms with Crippen molar-refractivity contribution < 1.29 is 18.9 Å². The summed E-state index contributed by atoms with van der Waals surface area (Å²) in [6.45, 7) is 0.152. The highest BCUT2D eigenvalue weighted by molar-refractivity contribution is 5.88. The normalized spacial score (nSPS) is 12.4. The molecule has 2 heterocycles. The molecule has 25 heavy (non-hydrogen) atoms. The van der Waals surface area contributed by atoms with Crippen LogP contribution in [-0.2, 0) is 7.05 Å².